The lowest BCUT2D eigenvalue weighted by atomic mass is 10.1. The SMILES string of the molecule is Cc1ccc(-c2csc(NC(=O)c3cc4c(cc3[N+](=O)[O-])OCCO4)n2)cc1. The number of ether oxygens (including phenoxy) is 2. The molecule has 3 aromatic rings. The third kappa shape index (κ3) is 3.52. The first kappa shape index (κ1) is 17.9. The summed E-state index contributed by atoms with van der Waals surface area (Å²) < 4.78 is 10.8. The first-order valence-corrected chi connectivity index (χ1v) is 9.31. The predicted molar refractivity (Wildman–Crippen MR) is 104 cm³/mol. The maximum atomic E-state index is 12.7. The van der Waals surface area contributed by atoms with Gasteiger partial charge in [-0.15, -0.1) is 11.3 Å². The van der Waals surface area contributed by atoms with Crippen LogP contribution in [0.2, 0.25) is 0 Å². The zero-order valence-electron chi connectivity index (χ0n) is 14.8. The van der Waals surface area contributed by atoms with Gasteiger partial charge < -0.3 is 9.47 Å². The van der Waals surface area contributed by atoms with E-state index in [-0.39, 0.29) is 17.0 Å². The molecule has 1 aliphatic heterocycles. The third-order valence-corrected chi connectivity index (χ3v) is 4.93. The number of carbonyl (C=O) groups is 1. The molecule has 28 heavy (non-hydrogen) atoms. The van der Waals surface area contributed by atoms with Gasteiger partial charge >= 0.3 is 0 Å². The molecule has 1 aromatic heterocycles. The molecular formula is C19H15N3O5S. The molecule has 9 heteroatoms. The number of carbonyl (C=O) groups excluding carboxylic acids is 1. The Morgan fingerprint density at radius 3 is 2.54 bits per heavy atom. The molecule has 0 spiro atoms. The third-order valence-electron chi connectivity index (χ3n) is 4.17. The Hall–Kier alpha value is -3.46. The predicted octanol–water partition coefficient (Wildman–Crippen LogP) is 4.05. The van der Waals surface area contributed by atoms with Crippen molar-refractivity contribution in [3.05, 3.63) is 63.0 Å². The Labute approximate surface area is 163 Å². The van der Waals surface area contributed by atoms with Gasteiger partial charge in [0.1, 0.15) is 18.8 Å². The van der Waals surface area contributed by atoms with E-state index < -0.39 is 10.8 Å². The molecule has 8 nitrogen and oxygen atoms in total. The van der Waals surface area contributed by atoms with Crippen LogP contribution in [0.25, 0.3) is 11.3 Å². The summed E-state index contributed by atoms with van der Waals surface area (Å²) >= 11 is 1.25. The highest BCUT2D eigenvalue weighted by molar-refractivity contribution is 7.14. The van der Waals surface area contributed by atoms with E-state index in [1.54, 1.807) is 0 Å². The van der Waals surface area contributed by atoms with E-state index in [4.69, 9.17) is 9.47 Å². The summed E-state index contributed by atoms with van der Waals surface area (Å²) in [4.78, 5) is 27.8. The molecule has 142 valence electrons. The van der Waals surface area contributed by atoms with E-state index in [0.29, 0.717) is 24.1 Å². The molecule has 0 bridgehead atoms. The van der Waals surface area contributed by atoms with Crippen LogP contribution in [0.15, 0.2) is 41.8 Å². The van der Waals surface area contributed by atoms with Gasteiger partial charge in [-0.1, -0.05) is 29.8 Å². The van der Waals surface area contributed by atoms with Gasteiger partial charge in [0.2, 0.25) is 0 Å². The van der Waals surface area contributed by atoms with Crippen LogP contribution < -0.4 is 14.8 Å². The normalized spacial score (nSPS) is 12.5. The molecule has 0 saturated carbocycles. The minimum atomic E-state index is -0.631. The Bertz CT molecular complexity index is 1060. The zero-order valence-corrected chi connectivity index (χ0v) is 15.6. The molecule has 0 unspecified atom stereocenters. The average molecular weight is 397 g/mol. The number of nitro groups is 1. The lowest BCUT2D eigenvalue weighted by Gasteiger charge is -2.18. The van der Waals surface area contributed by atoms with Gasteiger partial charge in [0.25, 0.3) is 11.6 Å². The van der Waals surface area contributed by atoms with Crippen LogP contribution in [0.4, 0.5) is 10.8 Å². The summed E-state index contributed by atoms with van der Waals surface area (Å²) in [7, 11) is 0. The minimum absolute atomic E-state index is 0.110. The fourth-order valence-corrected chi connectivity index (χ4v) is 3.48. The van der Waals surface area contributed by atoms with Gasteiger partial charge in [0.15, 0.2) is 16.6 Å². The van der Waals surface area contributed by atoms with Crippen molar-refractivity contribution >= 4 is 28.1 Å². The Morgan fingerprint density at radius 2 is 1.86 bits per heavy atom. The molecule has 2 heterocycles. The van der Waals surface area contributed by atoms with Gasteiger partial charge in [-0.05, 0) is 6.92 Å². The van der Waals surface area contributed by atoms with Crippen LogP contribution in [-0.4, -0.2) is 29.0 Å². The number of hydrogen-bond acceptors (Lipinski definition) is 7. The zero-order chi connectivity index (χ0) is 19.7. The number of nitro benzene ring substituents is 1. The van der Waals surface area contributed by atoms with Crippen molar-refractivity contribution in [1.82, 2.24) is 4.98 Å². The van der Waals surface area contributed by atoms with Crippen LogP contribution >= 0.6 is 11.3 Å². The number of hydrogen-bond donors (Lipinski definition) is 1. The van der Waals surface area contributed by atoms with E-state index in [0.717, 1.165) is 16.8 Å². The van der Waals surface area contributed by atoms with Gasteiger partial charge in [-0.2, -0.15) is 0 Å². The number of nitrogens with one attached hydrogen (secondary N) is 1. The smallest absolute Gasteiger partial charge is 0.286 e. The van der Waals surface area contributed by atoms with Crippen molar-refractivity contribution in [3.63, 3.8) is 0 Å². The maximum Gasteiger partial charge on any atom is 0.286 e. The topological polar surface area (TPSA) is 104 Å². The highest BCUT2D eigenvalue weighted by atomic mass is 32.1. The Balaban J connectivity index is 1.60. The highest BCUT2D eigenvalue weighted by Crippen LogP contribution is 2.37. The second-order valence-electron chi connectivity index (χ2n) is 6.13. The number of thiazole rings is 1. The van der Waals surface area contributed by atoms with Gasteiger partial charge in [-0.3, -0.25) is 20.2 Å². The van der Waals surface area contributed by atoms with Crippen molar-refractivity contribution in [2.45, 2.75) is 6.92 Å². The number of benzene rings is 2. The molecule has 1 aliphatic rings. The van der Waals surface area contributed by atoms with E-state index in [2.05, 4.69) is 10.3 Å². The lowest BCUT2D eigenvalue weighted by molar-refractivity contribution is -0.385. The van der Waals surface area contributed by atoms with Crippen LogP contribution in [-0.2, 0) is 0 Å². The van der Waals surface area contributed by atoms with Crippen molar-refractivity contribution in [2.24, 2.45) is 0 Å². The summed E-state index contributed by atoms with van der Waals surface area (Å²) in [6.07, 6.45) is 0. The molecule has 1 N–H and O–H groups in total. The summed E-state index contributed by atoms with van der Waals surface area (Å²) in [5, 5.41) is 16.2. The van der Waals surface area contributed by atoms with E-state index in [1.807, 2.05) is 36.6 Å². The number of rotatable bonds is 4. The number of amides is 1. The van der Waals surface area contributed by atoms with Crippen LogP contribution in [0, 0.1) is 17.0 Å². The number of aromatic nitrogens is 1. The lowest BCUT2D eigenvalue weighted by Crippen LogP contribution is -2.18. The molecule has 4 rings (SSSR count). The van der Waals surface area contributed by atoms with Crippen molar-refractivity contribution in [1.29, 1.82) is 0 Å². The fourth-order valence-electron chi connectivity index (χ4n) is 2.76. The first-order valence-electron chi connectivity index (χ1n) is 8.43. The maximum absolute atomic E-state index is 12.7. The van der Waals surface area contributed by atoms with E-state index in [9.17, 15) is 14.9 Å². The first-order chi connectivity index (χ1) is 13.5. The number of fused-ring (bicyclic) bond motifs is 1. The van der Waals surface area contributed by atoms with Crippen LogP contribution in [0.5, 0.6) is 11.5 Å². The van der Waals surface area contributed by atoms with Crippen LogP contribution in [0.3, 0.4) is 0 Å². The van der Waals surface area contributed by atoms with Crippen molar-refractivity contribution in [3.8, 4) is 22.8 Å². The Kier molecular flexibility index (Phi) is 4.66. The standard InChI is InChI=1S/C19H15N3O5S/c1-11-2-4-12(5-3-11)14-10-28-19(20-14)21-18(23)13-8-16-17(27-7-6-26-16)9-15(13)22(24)25/h2-5,8-10H,6-7H2,1H3,(H,20,21,23). The fraction of sp³-hybridized carbons (Fsp3) is 0.158. The molecular weight excluding hydrogens is 382 g/mol. The molecule has 0 fully saturated rings. The van der Waals surface area contributed by atoms with Crippen LogP contribution in [0.1, 0.15) is 15.9 Å². The van der Waals surface area contributed by atoms with E-state index >= 15 is 0 Å². The molecule has 2 aromatic carbocycles. The number of aryl methyl sites for hydroxylation is 1. The van der Waals surface area contributed by atoms with E-state index in [1.165, 1.54) is 23.5 Å². The average Bonchev–Trinajstić information content (AvgIpc) is 3.15. The quantitative estimate of drug-likeness (QED) is 0.526. The van der Waals surface area contributed by atoms with Crippen molar-refractivity contribution < 1.29 is 19.2 Å². The van der Waals surface area contributed by atoms with Crippen molar-refractivity contribution in [2.75, 3.05) is 18.5 Å². The Morgan fingerprint density at radius 1 is 1.18 bits per heavy atom. The summed E-state index contributed by atoms with van der Waals surface area (Å²) in [5.74, 6) is -0.0691. The minimum Gasteiger partial charge on any atom is -0.486 e. The highest BCUT2D eigenvalue weighted by Gasteiger charge is 2.27. The summed E-state index contributed by atoms with van der Waals surface area (Å²) in [6.45, 7) is 2.62. The molecule has 0 radical (unpaired) electrons. The van der Waals surface area contributed by atoms with Gasteiger partial charge in [0.05, 0.1) is 16.7 Å². The second-order valence-corrected chi connectivity index (χ2v) is 6.99. The molecule has 0 atom stereocenters. The largest absolute Gasteiger partial charge is 0.486 e. The van der Waals surface area contributed by atoms with Gasteiger partial charge in [-0.25, -0.2) is 4.98 Å². The molecule has 1 amide bonds. The summed E-state index contributed by atoms with van der Waals surface area (Å²) in [6, 6.07) is 10.4. The van der Waals surface area contributed by atoms with Gasteiger partial charge in [0, 0.05) is 17.0 Å². The number of nitrogens with zero attached hydrogens (tertiary/aromatic N) is 2. The number of anilines is 1. The molecule has 0 saturated heterocycles. The monoisotopic (exact) mass is 397 g/mol. The molecule has 0 aliphatic carbocycles. The summed E-state index contributed by atoms with van der Waals surface area (Å²) in [5.41, 5.74) is 2.32. The second kappa shape index (κ2) is 7.28.